The van der Waals surface area contributed by atoms with Crippen LogP contribution >= 0.6 is 22.6 Å². The first-order chi connectivity index (χ1) is 7.84. The zero-order chi connectivity index (χ0) is 11.2. The largest absolute Gasteiger partial charge is 0.375 e. The van der Waals surface area contributed by atoms with Crippen LogP contribution in [0.1, 0.15) is 5.56 Å². The van der Waals surface area contributed by atoms with Gasteiger partial charge in [-0.2, -0.15) is 5.10 Å². The van der Waals surface area contributed by atoms with Crippen molar-refractivity contribution in [2.75, 3.05) is 6.61 Å². The van der Waals surface area contributed by atoms with Crippen molar-refractivity contribution in [1.29, 1.82) is 0 Å². The molecule has 2 aromatic rings. The van der Waals surface area contributed by atoms with Crippen LogP contribution < -0.4 is 0 Å². The Balaban J connectivity index is 1.69. The minimum Gasteiger partial charge on any atom is -0.375 e. The summed E-state index contributed by atoms with van der Waals surface area (Å²) >= 11 is 2.25. The maximum absolute atomic E-state index is 5.57. The Kier molecular flexibility index (Phi) is 4.35. The van der Waals surface area contributed by atoms with Gasteiger partial charge in [0.15, 0.2) is 0 Å². The Bertz CT molecular complexity index is 428. The van der Waals surface area contributed by atoms with Gasteiger partial charge in [-0.15, -0.1) is 0 Å². The number of aromatic nitrogens is 2. The van der Waals surface area contributed by atoms with Gasteiger partial charge in [-0.1, -0.05) is 30.3 Å². The van der Waals surface area contributed by atoms with Crippen LogP contribution in [0.3, 0.4) is 0 Å². The van der Waals surface area contributed by atoms with E-state index in [0.29, 0.717) is 13.2 Å². The lowest BCUT2D eigenvalue weighted by atomic mass is 10.2. The molecule has 0 saturated carbocycles. The van der Waals surface area contributed by atoms with Gasteiger partial charge in [0.25, 0.3) is 0 Å². The number of hydrogen-bond donors (Lipinski definition) is 0. The molecule has 1 heterocycles. The van der Waals surface area contributed by atoms with Crippen molar-refractivity contribution in [3.8, 4) is 0 Å². The monoisotopic (exact) mass is 328 g/mol. The SMILES string of the molecule is Ic1cnn(CCOCc2ccccc2)c1. The van der Waals surface area contributed by atoms with Crippen molar-refractivity contribution in [2.24, 2.45) is 0 Å². The fourth-order valence-electron chi connectivity index (χ4n) is 1.38. The second kappa shape index (κ2) is 6.00. The highest BCUT2D eigenvalue weighted by Crippen LogP contribution is 2.02. The van der Waals surface area contributed by atoms with Crippen LogP contribution in [0.5, 0.6) is 0 Å². The quantitative estimate of drug-likeness (QED) is 0.623. The molecule has 0 N–H and O–H groups in total. The molecular weight excluding hydrogens is 315 g/mol. The Hall–Kier alpha value is -0.880. The molecule has 0 radical (unpaired) electrons. The van der Waals surface area contributed by atoms with Gasteiger partial charge < -0.3 is 4.74 Å². The lowest BCUT2D eigenvalue weighted by molar-refractivity contribution is 0.111. The van der Waals surface area contributed by atoms with Crippen molar-refractivity contribution in [3.05, 3.63) is 51.9 Å². The third kappa shape index (κ3) is 3.61. The summed E-state index contributed by atoms with van der Waals surface area (Å²) in [6.07, 6.45) is 3.85. The zero-order valence-corrected chi connectivity index (χ0v) is 11.0. The van der Waals surface area contributed by atoms with E-state index in [-0.39, 0.29) is 0 Å². The molecule has 4 heteroatoms. The fraction of sp³-hybridized carbons (Fsp3) is 0.250. The van der Waals surface area contributed by atoms with Crippen molar-refractivity contribution >= 4 is 22.6 Å². The van der Waals surface area contributed by atoms with E-state index in [1.807, 2.05) is 35.3 Å². The third-order valence-corrected chi connectivity index (χ3v) is 2.74. The first-order valence-corrected chi connectivity index (χ1v) is 6.22. The molecule has 0 bridgehead atoms. The smallest absolute Gasteiger partial charge is 0.0717 e. The number of halogens is 1. The van der Waals surface area contributed by atoms with Crippen LogP contribution in [0.4, 0.5) is 0 Å². The molecule has 0 aliphatic carbocycles. The van der Waals surface area contributed by atoms with E-state index in [9.17, 15) is 0 Å². The van der Waals surface area contributed by atoms with Gasteiger partial charge in [0.05, 0.1) is 29.5 Å². The summed E-state index contributed by atoms with van der Waals surface area (Å²) in [6.45, 7) is 2.15. The lowest BCUT2D eigenvalue weighted by Gasteiger charge is -2.04. The summed E-state index contributed by atoms with van der Waals surface area (Å²) in [7, 11) is 0. The summed E-state index contributed by atoms with van der Waals surface area (Å²) in [4.78, 5) is 0. The summed E-state index contributed by atoms with van der Waals surface area (Å²) < 4.78 is 8.62. The first kappa shape index (κ1) is 11.6. The lowest BCUT2D eigenvalue weighted by Crippen LogP contribution is -2.06. The van der Waals surface area contributed by atoms with Crippen molar-refractivity contribution in [1.82, 2.24) is 9.78 Å². The molecule has 0 fully saturated rings. The number of hydrogen-bond acceptors (Lipinski definition) is 2. The normalized spacial score (nSPS) is 10.6. The van der Waals surface area contributed by atoms with Crippen molar-refractivity contribution < 1.29 is 4.74 Å². The number of benzene rings is 1. The molecule has 2 rings (SSSR count). The maximum atomic E-state index is 5.57. The Morgan fingerprint density at radius 2 is 2.06 bits per heavy atom. The van der Waals surface area contributed by atoms with Crippen LogP contribution in [0.25, 0.3) is 0 Å². The highest BCUT2D eigenvalue weighted by Gasteiger charge is 1.95. The highest BCUT2D eigenvalue weighted by molar-refractivity contribution is 14.1. The Morgan fingerprint density at radius 3 is 2.75 bits per heavy atom. The Labute approximate surface area is 109 Å². The summed E-state index contributed by atoms with van der Waals surface area (Å²) in [5.41, 5.74) is 1.21. The van der Waals surface area contributed by atoms with Gasteiger partial charge in [0.1, 0.15) is 0 Å². The number of nitrogens with zero attached hydrogens (tertiary/aromatic N) is 2. The van der Waals surface area contributed by atoms with E-state index in [0.717, 1.165) is 10.1 Å². The van der Waals surface area contributed by atoms with E-state index >= 15 is 0 Å². The minimum atomic E-state index is 0.666. The van der Waals surface area contributed by atoms with Gasteiger partial charge >= 0.3 is 0 Å². The predicted octanol–water partition coefficient (Wildman–Crippen LogP) is 2.70. The molecule has 0 aliphatic heterocycles. The number of ether oxygens (including phenoxy) is 1. The van der Waals surface area contributed by atoms with Gasteiger partial charge in [-0.05, 0) is 28.2 Å². The van der Waals surface area contributed by atoms with E-state index < -0.39 is 0 Å². The van der Waals surface area contributed by atoms with Gasteiger partial charge in [0, 0.05) is 6.20 Å². The van der Waals surface area contributed by atoms with E-state index in [1.165, 1.54) is 5.56 Å². The highest BCUT2D eigenvalue weighted by atomic mass is 127. The molecule has 0 aliphatic rings. The van der Waals surface area contributed by atoms with Crippen molar-refractivity contribution in [2.45, 2.75) is 13.2 Å². The van der Waals surface area contributed by atoms with E-state index in [1.54, 1.807) is 0 Å². The molecule has 0 spiro atoms. The molecular formula is C12H13IN2O. The van der Waals surface area contributed by atoms with Gasteiger partial charge in [-0.25, -0.2) is 0 Å². The van der Waals surface area contributed by atoms with Crippen LogP contribution in [0, 0.1) is 3.57 Å². The molecule has 3 nitrogen and oxygen atoms in total. The zero-order valence-electron chi connectivity index (χ0n) is 8.84. The van der Waals surface area contributed by atoms with Gasteiger partial charge in [-0.3, -0.25) is 4.68 Å². The second-order valence-corrected chi connectivity index (χ2v) is 4.71. The van der Waals surface area contributed by atoms with Crippen LogP contribution in [0.2, 0.25) is 0 Å². The van der Waals surface area contributed by atoms with Gasteiger partial charge in [0.2, 0.25) is 0 Å². The summed E-state index contributed by atoms with van der Waals surface area (Å²) in [6, 6.07) is 10.2. The molecule has 1 aromatic carbocycles. The third-order valence-electron chi connectivity index (χ3n) is 2.18. The molecule has 0 saturated heterocycles. The van der Waals surface area contributed by atoms with Crippen LogP contribution in [-0.4, -0.2) is 16.4 Å². The minimum absolute atomic E-state index is 0.666. The topological polar surface area (TPSA) is 27.1 Å². The van der Waals surface area contributed by atoms with Crippen LogP contribution in [-0.2, 0) is 17.9 Å². The maximum Gasteiger partial charge on any atom is 0.0717 e. The average Bonchev–Trinajstić information content (AvgIpc) is 2.72. The average molecular weight is 328 g/mol. The predicted molar refractivity (Wildman–Crippen MR) is 71.0 cm³/mol. The fourth-order valence-corrected chi connectivity index (χ4v) is 1.83. The first-order valence-electron chi connectivity index (χ1n) is 5.14. The van der Waals surface area contributed by atoms with Crippen molar-refractivity contribution in [3.63, 3.8) is 0 Å². The van der Waals surface area contributed by atoms with E-state index in [4.69, 9.17) is 4.74 Å². The Morgan fingerprint density at radius 1 is 1.25 bits per heavy atom. The molecule has 84 valence electrons. The molecule has 16 heavy (non-hydrogen) atoms. The molecule has 0 amide bonds. The number of rotatable bonds is 5. The second-order valence-electron chi connectivity index (χ2n) is 3.46. The van der Waals surface area contributed by atoms with Crippen LogP contribution in [0.15, 0.2) is 42.7 Å². The summed E-state index contributed by atoms with van der Waals surface area (Å²) in [5.74, 6) is 0. The molecule has 0 atom stereocenters. The van der Waals surface area contributed by atoms with E-state index in [2.05, 4.69) is 39.8 Å². The molecule has 1 aromatic heterocycles. The standard InChI is InChI=1S/C12H13IN2O/c13-12-8-14-15(9-12)6-7-16-10-11-4-2-1-3-5-11/h1-5,8-9H,6-7,10H2. The molecule has 0 unspecified atom stereocenters. The summed E-state index contributed by atoms with van der Waals surface area (Å²) in [5, 5.41) is 4.19.